The van der Waals surface area contributed by atoms with Crippen LogP contribution in [0.5, 0.6) is 0 Å². The molecular formula is C3H5F3N2O3S. The maximum absolute atomic E-state index is 11.5. The van der Waals surface area contributed by atoms with Crippen molar-refractivity contribution in [3.8, 4) is 0 Å². The Hall–Kier alpha value is -0.990. The van der Waals surface area contributed by atoms with Gasteiger partial charge in [-0.1, -0.05) is 0 Å². The summed E-state index contributed by atoms with van der Waals surface area (Å²) in [4.78, 5) is 9.85. The van der Waals surface area contributed by atoms with Crippen LogP contribution in [-0.2, 0) is 9.84 Å². The minimum absolute atomic E-state index is 1.32. The van der Waals surface area contributed by atoms with Crippen LogP contribution >= 0.6 is 0 Å². The predicted octanol–water partition coefficient (Wildman–Crippen LogP) is -0.453. The first-order valence-electron chi connectivity index (χ1n) is 2.49. The van der Waals surface area contributed by atoms with Crippen molar-refractivity contribution >= 4 is 15.9 Å². The van der Waals surface area contributed by atoms with Gasteiger partial charge in [0.05, 0.1) is 0 Å². The van der Waals surface area contributed by atoms with E-state index in [9.17, 15) is 26.4 Å². The number of hydrogen-bond acceptors (Lipinski definition) is 3. The molecule has 0 aliphatic carbocycles. The average molecular weight is 206 g/mol. The number of nitrogens with one attached hydrogen (secondary N) is 1. The fraction of sp³-hybridized carbons (Fsp3) is 0.667. The van der Waals surface area contributed by atoms with E-state index in [4.69, 9.17) is 0 Å². The second-order valence-corrected chi connectivity index (χ2v) is 3.73. The Labute approximate surface area is 65.6 Å². The Morgan fingerprint density at radius 2 is 1.83 bits per heavy atom. The SMILES string of the molecule is NC(=O)NCS(=O)(=O)C(F)(F)F. The molecule has 0 aromatic rings. The third kappa shape index (κ3) is 2.95. The number of nitrogens with two attached hydrogens (primary N) is 1. The summed E-state index contributed by atoms with van der Waals surface area (Å²) in [7, 11) is -5.30. The minimum Gasteiger partial charge on any atom is -0.352 e. The lowest BCUT2D eigenvalue weighted by Gasteiger charge is -2.06. The molecular weight excluding hydrogens is 201 g/mol. The van der Waals surface area contributed by atoms with E-state index >= 15 is 0 Å². The van der Waals surface area contributed by atoms with Crippen LogP contribution in [0.15, 0.2) is 0 Å². The highest BCUT2D eigenvalue weighted by Gasteiger charge is 2.45. The number of primary amides is 1. The Morgan fingerprint density at radius 1 is 1.42 bits per heavy atom. The summed E-state index contributed by atoms with van der Waals surface area (Å²) in [6.45, 7) is 0. The first-order chi connectivity index (χ1) is 5.17. The van der Waals surface area contributed by atoms with E-state index in [1.807, 2.05) is 0 Å². The summed E-state index contributed by atoms with van der Waals surface area (Å²) in [5.41, 5.74) is -1.00. The number of rotatable bonds is 2. The van der Waals surface area contributed by atoms with Crippen molar-refractivity contribution in [3.05, 3.63) is 0 Å². The van der Waals surface area contributed by atoms with E-state index in [-0.39, 0.29) is 0 Å². The number of carbonyl (C=O) groups is 1. The lowest BCUT2D eigenvalue weighted by atomic mass is 11.0. The van der Waals surface area contributed by atoms with Gasteiger partial charge in [0, 0.05) is 0 Å². The highest BCUT2D eigenvalue weighted by Crippen LogP contribution is 2.22. The smallest absolute Gasteiger partial charge is 0.352 e. The zero-order chi connectivity index (χ0) is 9.99. The molecule has 5 nitrogen and oxygen atoms in total. The monoisotopic (exact) mass is 206 g/mol. The molecule has 0 bridgehead atoms. The molecule has 0 fully saturated rings. The molecule has 2 amide bonds. The molecule has 3 N–H and O–H groups in total. The van der Waals surface area contributed by atoms with Crippen LogP contribution in [0.3, 0.4) is 0 Å². The Bertz CT molecular complexity index is 269. The number of hydrogen-bond donors (Lipinski definition) is 2. The van der Waals surface area contributed by atoms with Crippen LogP contribution in [0.4, 0.5) is 18.0 Å². The van der Waals surface area contributed by atoms with Crippen molar-refractivity contribution < 1.29 is 26.4 Å². The number of sulfone groups is 1. The normalized spacial score (nSPS) is 12.6. The number of urea groups is 1. The molecule has 0 rings (SSSR count). The van der Waals surface area contributed by atoms with Gasteiger partial charge in [-0.3, -0.25) is 0 Å². The van der Waals surface area contributed by atoms with Crippen LogP contribution in [-0.4, -0.2) is 25.8 Å². The lowest BCUT2D eigenvalue weighted by molar-refractivity contribution is -0.0436. The van der Waals surface area contributed by atoms with Gasteiger partial charge < -0.3 is 11.1 Å². The Morgan fingerprint density at radius 3 is 2.08 bits per heavy atom. The standard InChI is InChI=1S/C3H5F3N2O3S/c4-3(5,6)12(10,11)1-8-2(7)9/h1H2,(H3,7,8,9). The molecule has 0 saturated heterocycles. The second-order valence-electron chi connectivity index (χ2n) is 1.75. The van der Waals surface area contributed by atoms with Crippen molar-refractivity contribution in [3.63, 3.8) is 0 Å². The summed E-state index contributed by atoms with van der Waals surface area (Å²) in [5.74, 6) is -1.54. The molecule has 12 heavy (non-hydrogen) atoms. The quantitative estimate of drug-likeness (QED) is 0.641. The van der Waals surface area contributed by atoms with E-state index in [2.05, 4.69) is 5.73 Å². The van der Waals surface area contributed by atoms with Crippen LogP contribution < -0.4 is 11.1 Å². The third-order valence-electron chi connectivity index (χ3n) is 0.789. The van der Waals surface area contributed by atoms with E-state index in [1.54, 1.807) is 0 Å². The summed E-state index contributed by atoms with van der Waals surface area (Å²) in [6, 6.07) is -1.33. The van der Waals surface area contributed by atoms with Crippen LogP contribution in [0.1, 0.15) is 0 Å². The number of carbonyl (C=O) groups excluding carboxylic acids is 1. The van der Waals surface area contributed by atoms with Crippen molar-refractivity contribution in [2.75, 3.05) is 5.88 Å². The molecule has 72 valence electrons. The molecule has 0 heterocycles. The lowest BCUT2D eigenvalue weighted by Crippen LogP contribution is -2.39. The van der Waals surface area contributed by atoms with Crippen molar-refractivity contribution in [2.45, 2.75) is 5.51 Å². The molecule has 0 aliphatic rings. The van der Waals surface area contributed by atoms with Crippen molar-refractivity contribution in [1.82, 2.24) is 5.32 Å². The fourth-order valence-corrected chi connectivity index (χ4v) is 0.744. The van der Waals surface area contributed by atoms with Crippen LogP contribution in [0.25, 0.3) is 0 Å². The topological polar surface area (TPSA) is 89.3 Å². The highest BCUT2D eigenvalue weighted by atomic mass is 32.2. The first kappa shape index (κ1) is 11.0. The summed E-state index contributed by atoms with van der Waals surface area (Å²) in [5, 5.41) is 1.32. The minimum atomic E-state index is -5.37. The van der Waals surface area contributed by atoms with Gasteiger partial charge in [-0.2, -0.15) is 13.2 Å². The van der Waals surface area contributed by atoms with Gasteiger partial charge in [0.15, 0.2) is 0 Å². The van der Waals surface area contributed by atoms with Crippen LogP contribution in [0, 0.1) is 0 Å². The second kappa shape index (κ2) is 3.17. The largest absolute Gasteiger partial charge is 0.499 e. The van der Waals surface area contributed by atoms with Crippen molar-refractivity contribution in [1.29, 1.82) is 0 Å². The van der Waals surface area contributed by atoms with Gasteiger partial charge in [0.2, 0.25) is 0 Å². The van der Waals surface area contributed by atoms with Gasteiger partial charge in [-0.05, 0) is 0 Å². The molecule has 0 spiro atoms. The molecule has 0 saturated carbocycles. The summed E-state index contributed by atoms with van der Waals surface area (Å²) < 4.78 is 54.8. The Balaban J connectivity index is 4.37. The van der Waals surface area contributed by atoms with Gasteiger partial charge in [0.1, 0.15) is 5.88 Å². The van der Waals surface area contributed by atoms with Gasteiger partial charge >= 0.3 is 11.5 Å². The molecule has 0 aliphatic heterocycles. The summed E-state index contributed by atoms with van der Waals surface area (Å²) >= 11 is 0. The maximum atomic E-state index is 11.5. The summed E-state index contributed by atoms with van der Waals surface area (Å²) in [6.07, 6.45) is 0. The molecule has 0 atom stereocenters. The van der Waals surface area contributed by atoms with Gasteiger partial charge in [0.25, 0.3) is 9.84 Å². The van der Waals surface area contributed by atoms with Crippen LogP contribution in [0.2, 0.25) is 0 Å². The zero-order valence-corrected chi connectivity index (χ0v) is 6.37. The predicted molar refractivity (Wildman–Crippen MR) is 32.6 cm³/mol. The number of alkyl halides is 3. The molecule has 0 aromatic heterocycles. The molecule has 0 unspecified atom stereocenters. The molecule has 0 aromatic carbocycles. The zero-order valence-electron chi connectivity index (χ0n) is 5.55. The van der Waals surface area contributed by atoms with Gasteiger partial charge in [-0.15, -0.1) is 0 Å². The van der Waals surface area contributed by atoms with E-state index in [1.165, 1.54) is 5.32 Å². The van der Waals surface area contributed by atoms with Gasteiger partial charge in [-0.25, -0.2) is 13.2 Å². The average Bonchev–Trinajstić information content (AvgIpc) is 1.81. The van der Waals surface area contributed by atoms with Crippen molar-refractivity contribution in [2.24, 2.45) is 5.73 Å². The molecule has 9 heteroatoms. The third-order valence-corrected chi connectivity index (χ3v) is 2.02. The molecule has 0 radical (unpaired) electrons. The number of halogens is 3. The first-order valence-corrected chi connectivity index (χ1v) is 4.14. The number of amides is 2. The van der Waals surface area contributed by atoms with E-state index < -0.39 is 27.3 Å². The Kier molecular flexibility index (Phi) is 2.91. The highest BCUT2D eigenvalue weighted by molar-refractivity contribution is 7.92. The van der Waals surface area contributed by atoms with E-state index in [0.717, 1.165) is 0 Å². The fourth-order valence-electron chi connectivity index (χ4n) is 0.248. The van der Waals surface area contributed by atoms with E-state index in [0.29, 0.717) is 0 Å². The maximum Gasteiger partial charge on any atom is 0.499 e.